The SMILES string of the molecule is COCC(C)Oc1cc(F)cc(B(O)O)c1. The molecule has 4 nitrogen and oxygen atoms in total. The van der Waals surface area contributed by atoms with Crippen molar-refractivity contribution < 1.29 is 23.9 Å². The third-order valence-electron chi connectivity index (χ3n) is 1.93. The molecule has 0 spiro atoms. The highest BCUT2D eigenvalue weighted by Crippen LogP contribution is 2.13. The van der Waals surface area contributed by atoms with Crippen LogP contribution in [0.4, 0.5) is 4.39 Å². The summed E-state index contributed by atoms with van der Waals surface area (Å²) in [6.45, 7) is 2.14. The van der Waals surface area contributed by atoms with Crippen LogP contribution in [0.1, 0.15) is 6.92 Å². The fourth-order valence-electron chi connectivity index (χ4n) is 1.30. The van der Waals surface area contributed by atoms with Gasteiger partial charge in [-0.2, -0.15) is 0 Å². The number of ether oxygens (including phenoxy) is 2. The number of hydrogen-bond acceptors (Lipinski definition) is 4. The molecule has 1 rings (SSSR count). The second-order valence-electron chi connectivity index (χ2n) is 3.48. The molecule has 0 aromatic heterocycles. The number of rotatable bonds is 5. The zero-order chi connectivity index (χ0) is 12.1. The minimum atomic E-state index is -1.71. The average Bonchev–Trinajstić information content (AvgIpc) is 2.16. The highest BCUT2D eigenvalue weighted by Gasteiger charge is 2.14. The molecule has 1 aromatic rings. The van der Waals surface area contributed by atoms with Gasteiger partial charge in [0.05, 0.1) is 6.61 Å². The van der Waals surface area contributed by atoms with Gasteiger partial charge < -0.3 is 19.5 Å². The van der Waals surface area contributed by atoms with Crippen LogP contribution in [0.2, 0.25) is 0 Å². The van der Waals surface area contributed by atoms with Crippen LogP contribution in [0.15, 0.2) is 18.2 Å². The van der Waals surface area contributed by atoms with Gasteiger partial charge in [-0.15, -0.1) is 0 Å². The highest BCUT2D eigenvalue weighted by atomic mass is 19.1. The molecule has 0 radical (unpaired) electrons. The van der Waals surface area contributed by atoms with Crippen LogP contribution >= 0.6 is 0 Å². The van der Waals surface area contributed by atoms with Gasteiger partial charge in [-0.3, -0.25) is 0 Å². The predicted molar refractivity (Wildman–Crippen MR) is 58.2 cm³/mol. The summed E-state index contributed by atoms with van der Waals surface area (Å²) in [5.41, 5.74) is 0.0552. The van der Waals surface area contributed by atoms with Gasteiger partial charge in [0, 0.05) is 13.2 Å². The zero-order valence-electron chi connectivity index (χ0n) is 9.18. The first-order valence-electron chi connectivity index (χ1n) is 4.85. The standard InChI is InChI=1S/C10H14BFO4/c1-7(6-15-2)16-10-4-8(11(13)14)3-9(12)5-10/h3-5,7,13-14H,6H2,1-2H3. The Bertz CT molecular complexity index is 346. The average molecular weight is 228 g/mol. The van der Waals surface area contributed by atoms with Gasteiger partial charge in [0.15, 0.2) is 0 Å². The lowest BCUT2D eigenvalue weighted by Crippen LogP contribution is -2.30. The molecule has 0 bridgehead atoms. The largest absolute Gasteiger partial charge is 0.488 e. The third-order valence-corrected chi connectivity index (χ3v) is 1.93. The summed E-state index contributed by atoms with van der Waals surface area (Å²) in [6, 6.07) is 3.59. The van der Waals surface area contributed by atoms with Crippen molar-refractivity contribution in [3.63, 3.8) is 0 Å². The molecule has 1 aromatic carbocycles. The Balaban J connectivity index is 2.80. The van der Waals surface area contributed by atoms with Crippen molar-refractivity contribution in [1.82, 2.24) is 0 Å². The number of benzene rings is 1. The normalized spacial score (nSPS) is 12.3. The lowest BCUT2D eigenvalue weighted by atomic mass is 9.80. The van der Waals surface area contributed by atoms with E-state index in [1.807, 2.05) is 0 Å². The summed E-state index contributed by atoms with van der Waals surface area (Å²) in [7, 11) is -0.176. The molecule has 0 fully saturated rings. The summed E-state index contributed by atoms with van der Waals surface area (Å²) >= 11 is 0. The Morgan fingerprint density at radius 2 is 2.06 bits per heavy atom. The van der Waals surface area contributed by atoms with E-state index in [0.717, 1.165) is 6.07 Å². The molecular formula is C10H14BFO4. The summed E-state index contributed by atoms with van der Waals surface area (Å²) in [5.74, 6) is -0.335. The van der Waals surface area contributed by atoms with Crippen molar-refractivity contribution >= 4 is 12.6 Å². The van der Waals surface area contributed by atoms with E-state index in [4.69, 9.17) is 19.5 Å². The molecule has 0 aliphatic rings. The van der Waals surface area contributed by atoms with Crippen molar-refractivity contribution in [2.75, 3.05) is 13.7 Å². The van der Waals surface area contributed by atoms with Crippen LogP contribution in [0, 0.1) is 5.82 Å². The van der Waals surface area contributed by atoms with E-state index in [0.29, 0.717) is 6.61 Å². The van der Waals surface area contributed by atoms with E-state index >= 15 is 0 Å². The first-order valence-corrected chi connectivity index (χ1v) is 4.85. The van der Waals surface area contributed by atoms with E-state index < -0.39 is 12.9 Å². The number of methoxy groups -OCH3 is 1. The van der Waals surface area contributed by atoms with Crippen molar-refractivity contribution in [2.24, 2.45) is 0 Å². The Morgan fingerprint density at radius 1 is 1.38 bits per heavy atom. The first kappa shape index (κ1) is 13.0. The molecule has 1 atom stereocenters. The van der Waals surface area contributed by atoms with Gasteiger partial charge in [0.2, 0.25) is 0 Å². The molecule has 0 aliphatic carbocycles. The molecule has 6 heteroatoms. The topological polar surface area (TPSA) is 58.9 Å². The molecule has 0 saturated carbocycles. The Morgan fingerprint density at radius 3 is 2.62 bits per heavy atom. The van der Waals surface area contributed by atoms with E-state index in [1.165, 1.54) is 19.2 Å². The van der Waals surface area contributed by atoms with E-state index in [-0.39, 0.29) is 17.3 Å². The third kappa shape index (κ3) is 3.81. The molecule has 2 N–H and O–H groups in total. The summed E-state index contributed by atoms with van der Waals surface area (Å²) in [4.78, 5) is 0. The Hall–Kier alpha value is -1.11. The maximum Gasteiger partial charge on any atom is 0.488 e. The van der Waals surface area contributed by atoms with E-state index in [2.05, 4.69) is 0 Å². The van der Waals surface area contributed by atoms with Crippen LogP contribution in [-0.4, -0.2) is 37.0 Å². The van der Waals surface area contributed by atoms with E-state index in [9.17, 15) is 4.39 Å². The molecule has 0 heterocycles. The maximum atomic E-state index is 13.1. The van der Waals surface area contributed by atoms with Crippen LogP contribution in [0.5, 0.6) is 5.75 Å². The van der Waals surface area contributed by atoms with Gasteiger partial charge in [-0.25, -0.2) is 4.39 Å². The summed E-state index contributed by atoms with van der Waals surface area (Å²) in [5, 5.41) is 17.8. The van der Waals surface area contributed by atoms with Crippen LogP contribution in [0.25, 0.3) is 0 Å². The van der Waals surface area contributed by atoms with Crippen molar-refractivity contribution in [2.45, 2.75) is 13.0 Å². The maximum absolute atomic E-state index is 13.1. The minimum absolute atomic E-state index is 0.0552. The monoisotopic (exact) mass is 228 g/mol. The molecule has 0 amide bonds. The van der Waals surface area contributed by atoms with Crippen molar-refractivity contribution in [1.29, 1.82) is 0 Å². The second kappa shape index (κ2) is 5.84. The van der Waals surface area contributed by atoms with Gasteiger partial charge in [-0.05, 0) is 24.5 Å². The van der Waals surface area contributed by atoms with Crippen molar-refractivity contribution in [3.8, 4) is 5.75 Å². The highest BCUT2D eigenvalue weighted by molar-refractivity contribution is 6.58. The fourth-order valence-corrected chi connectivity index (χ4v) is 1.30. The lowest BCUT2D eigenvalue weighted by molar-refractivity contribution is 0.0919. The molecule has 88 valence electrons. The summed E-state index contributed by atoms with van der Waals surface area (Å²) in [6.07, 6.45) is -0.240. The van der Waals surface area contributed by atoms with Crippen LogP contribution < -0.4 is 10.2 Å². The van der Waals surface area contributed by atoms with Gasteiger partial charge in [0.25, 0.3) is 0 Å². The van der Waals surface area contributed by atoms with Gasteiger partial charge in [0.1, 0.15) is 17.7 Å². The predicted octanol–water partition coefficient (Wildman–Crippen LogP) is -0.0808. The quantitative estimate of drug-likeness (QED) is 0.692. The Kier molecular flexibility index (Phi) is 4.73. The number of halogens is 1. The molecule has 0 aliphatic heterocycles. The summed E-state index contributed by atoms with van der Waals surface area (Å²) < 4.78 is 23.3. The van der Waals surface area contributed by atoms with Crippen molar-refractivity contribution in [3.05, 3.63) is 24.0 Å². The molecule has 1 unspecified atom stereocenters. The van der Waals surface area contributed by atoms with Crippen LogP contribution in [-0.2, 0) is 4.74 Å². The minimum Gasteiger partial charge on any atom is -0.488 e. The Labute approximate surface area is 93.8 Å². The molecule has 16 heavy (non-hydrogen) atoms. The first-order chi connectivity index (χ1) is 7.52. The fraction of sp³-hybridized carbons (Fsp3) is 0.400. The van der Waals surface area contributed by atoms with E-state index in [1.54, 1.807) is 6.92 Å². The van der Waals surface area contributed by atoms with Gasteiger partial charge in [-0.1, -0.05) is 0 Å². The second-order valence-corrected chi connectivity index (χ2v) is 3.48. The zero-order valence-corrected chi connectivity index (χ0v) is 9.18. The van der Waals surface area contributed by atoms with Crippen LogP contribution in [0.3, 0.4) is 0 Å². The lowest BCUT2D eigenvalue weighted by Gasteiger charge is -2.14. The van der Waals surface area contributed by atoms with Gasteiger partial charge >= 0.3 is 7.12 Å². The number of hydrogen-bond donors (Lipinski definition) is 2. The molecule has 0 saturated heterocycles. The smallest absolute Gasteiger partial charge is 0.488 e. The molecular weight excluding hydrogens is 214 g/mol.